The fourth-order valence-electron chi connectivity index (χ4n) is 3.59. The van der Waals surface area contributed by atoms with Crippen molar-refractivity contribution < 1.29 is 9.84 Å². The summed E-state index contributed by atoms with van der Waals surface area (Å²) in [7, 11) is 1.98. The Morgan fingerprint density at radius 1 is 1.33 bits per heavy atom. The van der Waals surface area contributed by atoms with E-state index in [9.17, 15) is 10.4 Å². The minimum Gasteiger partial charge on any atom is -0.489 e. The van der Waals surface area contributed by atoms with E-state index in [0.717, 1.165) is 30.0 Å². The van der Waals surface area contributed by atoms with Gasteiger partial charge >= 0.3 is 0 Å². The molecule has 3 aromatic rings. The van der Waals surface area contributed by atoms with E-state index in [-0.39, 0.29) is 12.1 Å². The van der Waals surface area contributed by atoms with Crippen molar-refractivity contribution in [2.45, 2.75) is 31.9 Å². The van der Waals surface area contributed by atoms with Gasteiger partial charge in [-0.05, 0) is 46.0 Å². The fourth-order valence-corrected chi connectivity index (χ4v) is 3.59. The summed E-state index contributed by atoms with van der Waals surface area (Å²) in [5, 5.41) is 27.1. The van der Waals surface area contributed by atoms with Gasteiger partial charge < -0.3 is 20.1 Å². The molecule has 0 unspecified atom stereocenters. The second-order valence-corrected chi connectivity index (χ2v) is 8.73. The summed E-state index contributed by atoms with van der Waals surface area (Å²) < 4.78 is 7.41. The molecule has 2 N–H and O–H groups in total. The number of pyridine rings is 2. The molecule has 4 rings (SSSR count). The number of aromatic nitrogens is 3. The molecule has 0 aromatic carbocycles. The van der Waals surface area contributed by atoms with Crippen LogP contribution in [0.1, 0.15) is 26.3 Å². The van der Waals surface area contributed by atoms with Crippen molar-refractivity contribution in [1.29, 1.82) is 5.26 Å². The maximum absolute atomic E-state index is 9.98. The normalized spacial score (nSPS) is 15.7. The molecule has 1 aliphatic heterocycles. The van der Waals surface area contributed by atoms with Gasteiger partial charge in [-0.3, -0.25) is 0 Å². The van der Waals surface area contributed by atoms with Gasteiger partial charge in [0.2, 0.25) is 0 Å². The Labute approximate surface area is 175 Å². The number of likely N-dealkylation sites (N-methyl/N-ethyl adjacent to an activating group) is 1. The molecular weight excluding hydrogens is 380 g/mol. The van der Waals surface area contributed by atoms with Crippen LogP contribution in [0, 0.1) is 11.3 Å². The second-order valence-electron chi connectivity index (χ2n) is 8.73. The van der Waals surface area contributed by atoms with Crippen molar-refractivity contribution in [2.75, 3.05) is 31.6 Å². The van der Waals surface area contributed by atoms with E-state index >= 15 is 0 Å². The first-order valence-corrected chi connectivity index (χ1v) is 9.88. The van der Waals surface area contributed by atoms with Crippen LogP contribution in [0.2, 0.25) is 0 Å². The summed E-state index contributed by atoms with van der Waals surface area (Å²) in [6.45, 7) is 7.51. The SMILES string of the molecule is CNC1(C)CN(c2ccc(-c3cc(OCC(C)(C)O)cn4ncc(C#N)c34)cn2)C1. The predicted molar refractivity (Wildman–Crippen MR) is 115 cm³/mol. The highest BCUT2D eigenvalue weighted by Gasteiger charge is 2.37. The van der Waals surface area contributed by atoms with Gasteiger partial charge in [-0.1, -0.05) is 0 Å². The van der Waals surface area contributed by atoms with E-state index in [4.69, 9.17) is 4.74 Å². The molecule has 0 saturated carbocycles. The maximum Gasteiger partial charge on any atom is 0.138 e. The van der Waals surface area contributed by atoms with Crippen LogP contribution >= 0.6 is 0 Å². The maximum atomic E-state index is 9.98. The second kappa shape index (κ2) is 7.27. The summed E-state index contributed by atoms with van der Waals surface area (Å²) in [6, 6.07) is 8.06. The number of aliphatic hydroxyl groups is 1. The Balaban J connectivity index is 1.68. The quantitative estimate of drug-likeness (QED) is 0.648. The molecule has 30 heavy (non-hydrogen) atoms. The van der Waals surface area contributed by atoms with Gasteiger partial charge in [0.1, 0.15) is 24.2 Å². The molecule has 8 nitrogen and oxygen atoms in total. The van der Waals surface area contributed by atoms with Crippen LogP contribution in [0.3, 0.4) is 0 Å². The van der Waals surface area contributed by atoms with Crippen LogP contribution in [-0.2, 0) is 0 Å². The topological polar surface area (TPSA) is 98.7 Å². The lowest BCUT2D eigenvalue weighted by Gasteiger charge is -2.48. The summed E-state index contributed by atoms with van der Waals surface area (Å²) >= 11 is 0. The molecule has 1 aliphatic rings. The fraction of sp³-hybridized carbons (Fsp3) is 0.409. The third-order valence-electron chi connectivity index (χ3n) is 5.37. The number of nitriles is 1. The summed E-state index contributed by atoms with van der Waals surface area (Å²) in [6.07, 6.45) is 5.07. The van der Waals surface area contributed by atoms with Crippen LogP contribution in [0.4, 0.5) is 5.82 Å². The monoisotopic (exact) mass is 406 g/mol. The molecule has 0 atom stereocenters. The number of anilines is 1. The number of rotatable bonds is 6. The van der Waals surface area contributed by atoms with Gasteiger partial charge in [-0.25, -0.2) is 9.50 Å². The van der Waals surface area contributed by atoms with E-state index in [1.165, 1.54) is 0 Å². The number of fused-ring (bicyclic) bond motifs is 1. The van der Waals surface area contributed by atoms with Crippen molar-refractivity contribution in [1.82, 2.24) is 19.9 Å². The number of nitrogens with zero attached hydrogens (tertiary/aromatic N) is 5. The third-order valence-corrected chi connectivity index (χ3v) is 5.37. The largest absolute Gasteiger partial charge is 0.489 e. The lowest BCUT2D eigenvalue weighted by atomic mass is 9.92. The Morgan fingerprint density at radius 2 is 2.10 bits per heavy atom. The van der Waals surface area contributed by atoms with Gasteiger partial charge in [-0.15, -0.1) is 0 Å². The van der Waals surface area contributed by atoms with E-state index in [0.29, 0.717) is 16.8 Å². The molecular formula is C22H26N6O2. The zero-order valence-corrected chi connectivity index (χ0v) is 17.7. The van der Waals surface area contributed by atoms with E-state index in [2.05, 4.69) is 33.3 Å². The van der Waals surface area contributed by atoms with E-state index in [1.807, 2.05) is 31.4 Å². The van der Waals surface area contributed by atoms with Crippen LogP contribution in [0.15, 0.2) is 36.8 Å². The molecule has 0 bridgehead atoms. The zero-order chi connectivity index (χ0) is 21.5. The number of hydrogen-bond acceptors (Lipinski definition) is 7. The van der Waals surface area contributed by atoms with Crippen molar-refractivity contribution >= 4 is 11.3 Å². The van der Waals surface area contributed by atoms with Gasteiger partial charge in [-0.2, -0.15) is 10.4 Å². The highest BCUT2D eigenvalue weighted by atomic mass is 16.5. The smallest absolute Gasteiger partial charge is 0.138 e. The summed E-state index contributed by atoms with van der Waals surface area (Å²) in [4.78, 5) is 6.86. The van der Waals surface area contributed by atoms with Crippen molar-refractivity contribution in [3.05, 3.63) is 42.4 Å². The van der Waals surface area contributed by atoms with Crippen molar-refractivity contribution in [2.24, 2.45) is 0 Å². The molecule has 1 saturated heterocycles. The average molecular weight is 406 g/mol. The minimum atomic E-state index is -0.959. The Hall–Kier alpha value is -3.15. The molecule has 8 heteroatoms. The summed E-state index contributed by atoms with van der Waals surface area (Å²) in [5.74, 6) is 1.48. The molecule has 0 amide bonds. The molecule has 0 radical (unpaired) electrons. The van der Waals surface area contributed by atoms with Crippen LogP contribution in [-0.4, -0.2) is 57.6 Å². The molecule has 0 spiro atoms. The predicted octanol–water partition coefficient (Wildman–Crippen LogP) is 2.22. The number of nitrogens with one attached hydrogen (secondary N) is 1. The molecule has 1 fully saturated rings. The first-order valence-electron chi connectivity index (χ1n) is 9.88. The van der Waals surface area contributed by atoms with Crippen molar-refractivity contribution in [3.63, 3.8) is 0 Å². The lowest BCUT2D eigenvalue weighted by Crippen LogP contribution is -2.67. The first kappa shape index (κ1) is 20.1. The molecule has 3 aromatic heterocycles. The number of hydrogen-bond donors (Lipinski definition) is 2. The van der Waals surface area contributed by atoms with Crippen LogP contribution < -0.4 is 15.0 Å². The standard InChI is InChI=1S/C22H26N6O2/c1-21(2,29)14-30-17-7-18(20-16(8-23)10-26-28(20)11-17)15-5-6-19(25-9-15)27-12-22(3,13-27)24-4/h5-7,9-11,24,29H,12-14H2,1-4H3. The van der Waals surface area contributed by atoms with Crippen LogP contribution in [0.5, 0.6) is 5.75 Å². The Morgan fingerprint density at radius 3 is 2.70 bits per heavy atom. The molecule has 156 valence electrons. The minimum absolute atomic E-state index is 0.123. The molecule has 4 heterocycles. The summed E-state index contributed by atoms with van der Waals surface area (Å²) in [5.41, 5.74) is 2.02. The van der Waals surface area contributed by atoms with Gasteiger partial charge in [0.25, 0.3) is 0 Å². The molecule has 0 aliphatic carbocycles. The van der Waals surface area contributed by atoms with Gasteiger partial charge in [0.05, 0.1) is 34.6 Å². The lowest BCUT2D eigenvalue weighted by molar-refractivity contribution is 0.0283. The van der Waals surface area contributed by atoms with Gasteiger partial charge in [0, 0.05) is 30.4 Å². The zero-order valence-electron chi connectivity index (χ0n) is 17.7. The van der Waals surface area contributed by atoms with Crippen molar-refractivity contribution in [3.8, 4) is 22.9 Å². The number of ether oxygens (including phenoxy) is 1. The Kier molecular flexibility index (Phi) is 4.88. The third kappa shape index (κ3) is 3.82. The van der Waals surface area contributed by atoms with E-state index in [1.54, 1.807) is 30.8 Å². The van der Waals surface area contributed by atoms with Gasteiger partial charge in [0.15, 0.2) is 0 Å². The van der Waals surface area contributed by atoms with Crippen LogP contribution in [0.25, 0.3) is 16.6 Å². The average Bonchev–Trinajstić information content (AvgIpc) is 3.12. The van der Waals surface area contributed by atoms with E-state index < -0.39 is 5.60 Å². The highest BCUT2D eigenvalue weighted by molar-refractivity contribution is 5.85. The highest BCUT2D eigenvalue weighted by Crippen LogP contribution is 2.32. The first-order chi connectivity index (χ1) is 14.2. The Bertz CT molecular complexity index is 1100.